The van der Waals surface area contributed by atoms with Gasteiger partial charge in [-0.3, -0.25) is 10.1 Å². The molecule has 0 aliphatic carbocycles. The first-order chi connectivity index (χ1) is 9.45. The van der Waals surface area contributed by atoms with Gasteiger partial charge in [0, 0.05) is 25.7 Å². The van der Waals surface area contributed by atoms with E-state index in [-0.39, 0.29) is 16.7 Å². The molecule has 1 fully saturated rings. The first kappa shape index (κ1) is 14.8. The minimum Gasteiger partial charge on any atom is -0.350 e. The van der Waals surface area contributed by atoms with Crippen LogP contribution in [0.5, 0.6) is 0 Å². The van der Waals surface area contributed by atoms with Crippen LogP contribution < -0.4 is 10.6 Å². The van der Waals surface area contributed by atoms with Crippen LogP contribution in [0.25, 0.3) is 0 Å². The highest BCUT2D eigenvalue weighted by atomic mass is 16.6. The lowest BCUT2D eigenvalue weighted by Crippen LogP contribution is -2.48. The molecule has 20 heavy (non-hydrogen) atoms. The molecule has 1 aromatic rings. The Morgan fingerprint density at radius 3 is 2.80 bits per heavy atom. The van der Waals surface area contributed by atoms with Gasteiger partial charge >= 0.3 is 5.69 Å². The van der Waals surface area contributed by atoms with E-state index >= 15 is 0 Å². The number of piperidine rings is 1. The van der Waals surface area contributed by atoms with Crippen molar-refractivity contribution < 1.29 is 4.92 Å². The Bertz CT molecular complexity index is 499. The average molecular weight is 281 g/mol. The molecule has 1 saturated heterocycles. The van der Waals surface area contributed by atoms with Gasteiger partial charge in [0.2, 0.25) is 5.82 Å². The van der Waals surface area contributed by atoms with Crippen molar-refractivity contribution in [3.63, 3.8) is 0 Å². The summed E-state index contributed by atoms with van der Waals surface area (Å²) in [6, 6.07) is 0.0497. The molecule has 7 nitrogen and oxygen atoms in total. The van der Waals surface area contributed by atoms with Crippen molar-refractivity contribution >= 4 is 11.5 Å². The molecule has 1 aliphatic heterocycles. The highest BCUT2D eigenvalue weighted by Crippen LogP contribution is 2.34. The first-order valence-electron chi connectivity index (χ1n) is 7.18. The number of hydrogen-bond acceptors (Lipinski definition) is 5. The summed E-state index contributed by atoms with van der Waals surface area (Å²) in [6.45, 7) is 7.99. The summed E-state index contributed by atoms with van der Waals surface area (Å²) in [7, 11) is 0. The van der Waals surface area contributed by atoms with Crippen molar-refractivity contribution in [3.8, 4) is 0 Å². The fourth-order valence-electron chi connectivity index (χ4n) is 2.75. The number of aryl methyl sites for hydroxylation is 2. The van der Waals surface area contributed by atoms with E-state index < -0.39 is 0 Å². The van der Waals surface area contributed by atoms with Crippen molar-refractivity contribution in [1.29, 1.82) is 0 Å². The molecule has 0 amide bonds. The number of anilines is 1. The van der Waals surface area contributed by atoms with E-state index in [2.05, 4.69) is 12.0 Å². The zero-order valence-electron chi connectivity index (χ0n) is 12.4. The zero-order valence-corrected chi connectivity index (χ0v) is 12.4. The smallest absolute Gasteiger partial charge is 0.333 e. The van der Waals surface area contributed by atoms with Crippen LogP contribution in [0.15, 0.2) is 0 Å². The molecule has 0 saturated carbocycles. The summed E-state index contributed by atoms with van der Waals surface area (Å²) in [4.78, 5) is 13.0. The molecular weight excluding hydrogens is 258 g/mol. The predicted molar refractivity (Wildman–Crippen MR) is 77.9 cm³/mol. The summed E-state index contributed by atoms with van der Waals surface area (Å²) in [5, 5.41) is 15.7. The summed E-state index contributed by atoms with van der Waals surface area (Å²) in [6.07, 6.45) is 1.84. The first-order valence-corrected chi connectivity index (χ1v) is 7.18. The molecular formula is C13H23N5O2. The van der Waals surface area contributed by atoms with Gasteiger partial charge in [0.15, 0.2) is 0 Å². The third kappa shape index (κ3) is 2.63. The maximum Gasteiger partial charge on any atom is 0.333 e. The van der Waals surface area contributed by atoms with Gasteiger partial charge in [0.1, 0.15) is 5.69 Å². The van der Waals surface area contributed by atoms with Crippen molar-refractivity contribution in [2.75, 3.05) is 18.0 Å². The highest BCUT2D eigenvalue weighted by Gasteiger charge is 2.33. The quantitative estimate of drug-likeness (QED) is 0.670. The standard InChI is InChI=1S/C13H23N5O2/c1-4-6-17-13(12(18(19)20)10(3)15-17)16-7-5-9(2)11(14)8-16/h9,11H,4-8,14H2,1-3H3. The Kier molecular flexibility index (Phi) is 4.27. The van der Waals surface area contributed by atoms with E-state index in [1.54, 1.807) is 11.6 Å². The third-order valence-corrected chi connectivity index (χ3v) is 4.00. The van der Waals surface area contributed by atoms with Crippen LogP contribution in [0.1, 0.15) is 32.4 Å². The second-order valence-electron chi connectivity index (χ2n) is 5.61. The fourth-order valence-corrected chi connectivity index (χ4v) is 2.75. The van der Waals surface area contributed by atoms with Gasteiger partial charge in [-0.25, -0.2) is 4.68 Å². The fraction of sp³-hybridized carbons (Fsp3) is 0.769. The molecule has 2 heterocycles. The summed E-state index contributed by atoms with van der Waals surface area (Å²) in [5.41, 5.74) is 6.72. The van der Waals surface area contributed by atoms with Crippen LogP contribution >= 0.6 is 0 Å². The molecule has 1 aromatic heterocycles. The number of hydrogen-bond donors (Lipinski definition) is 1. The van der Waals surface area contributed by atoms with Crippen LogP contribution in [-0.2, 0) is 6.54 Å². The van der Waals surface area contributed by atoms with Gasteiger partial charge in [-0.1, -0.05) is 13.8 Å². The number of nitrogens with two attached hydrogens (primary N) is 1. The van der Waals surface area contributed by atoms with Crippen LogP contribution in [0, 0.1) is 23.0 Å². The number of rotatable bonds is 4. The molecule has 7 heteroatoms. The Morgan fingerprint density at radius 1 is 1.55 bits per heavy atom. The predicted octanol–water partition coefficient (Wildman–Crippen LogP) is 1.68. The number of nitro groups is 1. The van der Waals surface area contributed by atoms with Gasteiger partial charge in [0.25, 0.3) is 0 Å². The maximum atomic E-state index is 11.3. The van der Waals surface area contributed by atoms with E-state index in [1.807, 2.05) is 11.8 Å². The maximum absolute atomic E-state index is 11.3. The minimum atomic E-state index is -0.326. The van der Waals surface area contributed by atoms with Crippen LogP contribution in [0.2, 0.25) is 0 Å². The number of nitrogens with zero attached hydrogens (tertiary/aromatic N) is 4. The van der Waals surface area contributed by atoms with E-state index in [0.717, 1.165) is 19.4 Å². The van der Waals surface area contributed by atoms with Crippen molar-refractivity contribution in [2.45, 2.75) is 46.2 Å². The Morgan fingerprint density at radius 2 is 2.25 bits per heavy atom. The summed E-state index contributed by atoms with van der Waals surface area (Å²) < 4.78 is 1.76. The van der Waals surface area contributed by atoms with Crippen molar-refractivity contribution in [1.82, 2.24) is 9.78 Å². The lowest BCUT2D eigenvalue weighted by Gasteiger charge is -2.35. The molecule has 2 rings (SSSR count). The van der Waals surface area contributed by atoms with Gasteiger partial charge in [-0.05, 0) is 25.7 Å². The second kappa shape index (κ2) is 5.78. The molecule has 0 radical (unpaired) electrons. The largest absolute Gasteiger partial charge is 0.350 e. The van der Waals surface area contributed by atoms with Crippen LogP contribution in [0.4, 0.5) is 11.5 Å². The third-order valence-electron chi connectivity index (χ3n) is 4.00. The molecule has 0 aromatic carbocycles. The van der Waals surface area contributed by atoms with E-state index in [1.165, 1.54) is 0 Å². The number of aromatic nitrogens is 2. The average Bonchev–Trinajstić information content (AvgIpc) is 2.70. The van der Waals surface area contributed by atoms with Crippen molar-refractivity contribution in [3.05, 3.63) is 15.8 Å². The molecule has 2 unspecified atom stereocenters. The highest BCUT2D eigenvalue weighted by molar-refractivity contribution is 5.61. The van der Waals surface area contributed by atoms with Gasteiger partial charge in [0.05, 0.1) is 4.92 Å². The Balaban J connectivity index is 2.40. The Hall–Kier alpha value is -1.63. The lowest BCUT2D eigenvalue weighted by atomic mass is 9.94. The van der Waals surface area contributed by atoms with Crippen molar-refractivity contribution in [2.24, 2.45) is 11.7 Å². The van der Waals surface area contributed by atoms with E-state index in [9.17, 15) is 10.1 Å². The zero-order chi connectivity index (χ0) is 14.9. The van der Waals surface area contributed by atoms with Crippen LogP contribution in [0.3, 0.4) is 0 Å². The molecule has 0 spiro atoms. The molecule has 0 bridgehead atoms. The molecule has 1 aliphatic rings. The molecule has 2 N–H and O–H groups in total. The summed E-state index contributed by atoms with van der Waals surface area (Å²) >= 11 is 0. The second-order valence-corrected chi connectivity index (χ2v) is 5.61. The summed E-state index contributed by atoms with van der Waals surface area (Å²) in [5.74, 6) is 1.07. The SMILES string of the molecule is CCCn1nc(C)c([N+](=O)[O-])c1N1CCC(C)C(N)C1. The monoisotopic (exact) mass is 281 g/mol. The van der Waals surface area contributed by atoms with Crippen LogP contribution in [-0.4, -0.2) is 33.8 Å². The van der Waals surface area contributed by atoms with E-state index in [4.69, 9.17) is 5.73 Å². The van der Waals surface area contributed by atoms with Gasteiger partial charge in [-0.15, -0.1) is 0 Å². The molecule has 112 valence electrons. The topological polar surface area (TPSA) is 90.2 Å². The minimum absolute atomic E-state index is 0.0497. The molecule has 2 atom stereocenters. The van der Waals surface area contributed by atoms with Gasteiger partial charge < -0.3 is 10.6 Å². The Labute approximate surface area is 118 Å². The lowest BCUT2D eigenvalue weighted by molar-refractivity contribution is -0.384. The normalized spacial score (nSPS) is 23.1. The van der Waals surface area contributed by atoms with Gasteiger partial charge in [-0.2, -0.15) is 5.10 Å². The van der Waals surface area contributed by atoms with E-state index in [0.29, 0.717) is 30.5 Å².